The highest BCUT2D eigenvalue weighted by Gasteiger charge is 2.23. The van der Waals surface area contributed by atoms with Crippen molar-refractivity contribution >= 4 is 22.7 Å². The lowest BCUT2D eigenvalue weighted by atomic mass is 10.1. The van der Waals surface area contributed by atoms with E-state index in [1.807, 2.05) is 30.2 Å². The predicted octanol–water partition coefficient (Wildman–Crippen LogP) is 3.49. The number of nitrogens with zero attached hydrogens (tertiary/aromatic N) is 2. The summed E-state index contributed by atoms with van der Waals surface area (Å²) in [5, 5.41) is 2.74. The van der Waals surface area contributed by atoms with Gasteiger partial charge in [0, 0.05) is 35.6 Å². The number of H-pyrrole nitrogens is 1. The highest BCUT2D eigenvalue weighted by Crippen LogP contribution is 2.39. The van der Waals surface area contributed by atoms with Crippen LogP contribution in [0.25, 0.3) is 22.2 Å². The standard InChI is InChI=1S/C17H17N3OS/c1-10-3-6-14(22-11-4-5-11)19-15(10)13-9-20(2)17(21)16-12(13)7-8-18-16/h3,6-9,11,18H,4-5H2,1-2H3. The van der Waals surface area contributed by atoms with Crippen molar-refractivity contribution in [1.82, 2.24) is 14.5 Å². The molecule has 0 aliphatic heterocycles. The molecule has 1 saturated carbocycles. The number of nitrogens with one attached hydrogen (secondary N) is 1. The minimum Gasteiger partial charge on any atom is -0.357 e. The van der Waals surface area contributed by atoms with Crippen molar-refractivity contribution < 1.29 is 0 Å². The summed E-state index contributed by atoms with van der Waals surface area (Å²) in [5.74, 6) is 0. The van der Waals surface area contributed by atoms with Gasteiger partial charge in [0.05, 0.1) is 10.7 Å². The van der Waals surface area contributed by atoms with E-state index in [-0.39, 0.29) is 5.56 Å². The van der Waals surface area contributed by atoms with Crippen LogP contribution in [0, 0.1) is 6.92 Å². The van der Waals surface area contributed by atoms with E-state index < -0.39 is 0 Å². The molecule has 1 aliphatic rings. The van der Waals surface area contributed by atoms with Crippen molar-refractivity contribution in [3.8, 4) is 11.3 Å². The van der Waals surface area contributed by atoms with Crippen LogP contribution in [0.3, 0.4) is 0 Å². The summed E-state index contributed by atoms with van der Waals surface area (Å²) in [7, 11) is 1.78. The fourth-order valence-electron chi connectivity index (χ4n) is 2.66. The number of aromatic nitrogens is 3. The highest BCUT2D eigenvalue weighted by atomic mass is 32.2. The molecule has 4 nitrogen and oxygen atoms in total. The Labute approximate surface area is 132 Å². The number of fused-ring (bicyclic) bond motifs is 1. The molecule has 3 aromatic rings. The summed E-state index contributed by atoms with van der Waals surface area (Å²) in [6.07, 6.45) is 6.28. The van der Waals surface area contributed by atoms with Crippen molar-refractivity contribution in [2.75, 3.05) is 0 Å². The molecule has 0 atom stereocenters. The first-order valence-corrected chi connectivity index (χ1v) is 8.33. The van der Waals surface area contributed by atoms with Gasteiger partial charge in [-0.25, -0.2) is 4.98 Å². The Balaban J connectivity index is 1.92. The lowest BCUT2D eigenvalue weighted by Gasteiger charge is -2.10. The third-order valence-electron chi connectivity index (χ3n) is 4.03. The molecule has 3 heterocycles. The van der Waals surface area contributed by atoms with E-state index in [0.717, 1.165) is 32.5 Å². The van der Waals surface area contributed by atoms with Crippen LogP contribution in [0.1, 0.15) is 18.4 Å². The van der Waals surface area contributed by atoms with Gasteiger partial charge in [-0.1, -0.05) is 6.07 Å². The van der Waals surface area contributed by atoms with Gasteiger partial charge in [-0.15, -0.1) is 11.8 Å². The van der Waals surface area contributed by atoms with E-state index in [1.165, 1.54) is 12.8 Å². The van der Waals surface area contributed by atoms with Crippen molar-refractivity contribution in [2.45, 2.75) is 30.0 Å². The number of aryl methyl sites for hydroxylation is 2. The second-order valence-electron chi connectivity index (χ2n) is 5.86. The van der Waals surface area contributed by atoms with Crippen LogP contribution < -0.4 is 5.56 Å². The third kappa shape index (κ3) is 2.25. The van der Waals surface area contributed by atoms with Crippen LogP contribution in [0.5, 0.6) is 0 Å². The van der Waals surface area contributed by atoms with E-state index >= 15 is 0 Å². The molecular weight excluding hydrogens is 294 g/mol. The van der Waals surface area contributed by atoms with E-state index in [2.05, 4.69) is 24.0 Å². The maximum Gasteiger partial charge on any atom is 0.274 e. The average Bonchev–Trinajstić information content (AvgIpc) is 3.17. The minimum atomic E-state index is -0.00934. The Morgan fingerprint density at radius 1 is 1.32 bits per heavy atom. The van der Waals surface area contributed by atoms with E-state index in [4.69, 9.17) is 4.98 Å². The fourth-order valence-corrected chi connectivity index (χ4v) is 3.67. The number of rotatable bonds is 3. The molecule has 3 aromatic heterocycles. The van der Waals surface area contributed by atoms with Crippen molar-refractivity contribution in [3.63, 3.8) is 0 Å². The summed E-state index contributed by atoms with van der Waals surface area (Å²) in [6.45, 7) is 2.07. The molecule has 1 fully saturated rings. The second-order valence-corrected chi connectivity index (χ2v) is 7.18. The van der Waals surface area contributed by atoms with Crippen LogP contribution >= 0.6 is 11.8 Å². The Hall–Kier alpha value is -2.01. The van der Waals surface area contributed by atoms with Crippen LogP contribution in [-0.2, 0) is 7.05 Å². The largest absolute Gasteiger partial charge is 0.357 e. The van der Waals surface area contributed by atoms with Crippen LogP contribution in [0.2, 0.25) is 0 Å². The van der Waals surface area contributed by atoms with Gasteiger partial charge in [-0.3, -0.25) is 4.79 Å². The molecule has 112 valence electrons. The van der Waals surface area contributed by atoms with Crippen LogP contribution in [0.4, 0.5) is 0 Å². The van der Waals surface area contributed by atoms with Gasteiger partial charge >= 0.3 is 0 Å². The van der Waals surface area contributed by atoms with E-state index in [9.17, 15) is 4.79 Å². The summed E-state index contributed by atoms with van der Waals surface area (Å²) in [6, 6.07) is 6.17. The first-order chi connectivity index (χ1) is 10.6. The Bertz CT molecular complexity index is 921. The topological polar surface area (TPSA) is 50.7 Å². The van der Waals surface area contributed by atoms with Gasteiger partial charge in [0.25, 0.3) is 5.56 Å². The molecule has 1 aliphatic carbocycles. The normalized spacial score (nSPS) is 14.6. The SMILES string of the molecule is Cc1ccc(SC2CC2)nc1-c1cn(C)c(=O)c2[nH]ccc12. The fraction of sp³-hybridized carbons (Fsp3) is 0.294. The lowest BCUT2D eigenvalue weighted by Crippen LogP contribution is -2.16. The number of hydrogen-bond donors (Lipinski definition) is 1. The maximum atomic E-state index is 12.2. The number of pyridine rings is 2. The Morgan fingerprint density at radius 2 is 2.14 bits per heavy atom. The van der Waals surface area contributed by atoms with E-state index in [1.54, 1.807) is 11.6 Å². The second kappa shape index (κ2) is 5.02. The molecule has 0 spiro atoms. The zero-order chi connectivity index (χ0) is 15.3. The molecule has 0 amide bonds. The first-order valence-electron chi connectivity index (χ1n) is 7.45. The number of thioether (sulfide) groups is 1. The molecular formula is C17H17N3OS. The molecule has 0 aromatic carbocycles. The Kier molecular flexibility index (Phi) is 3.11. The van der Waals surface area contributed by atoms with E-state index in [0.29, 0.717) is 5.52 Å². The lowest BCUT2D eigenvalue weighted by molar-refractivity contribution is 0.870. The zero-order valence-electron chi connectivity index (χ0n) is 12.6. The van der Waals surface area contributed by atoms with Gasteiger partial charge in [0.2, 0.25) is 0 Å². The molecule has 1 N–H and O–H groups in total. The van der Waals surface area contributed by atoms with Crippen LogP contribution in [0.15, 0.2) is 40.4 Å². The van der Waals surface area contributed by atoms with Crippen molar-refractivity contribution in [1.29, 1.82) is 0 Å². The van der Waals surface area contributed by atoms with Gasteiger partial charge in [0.1, 0.15) is 5.52 Å². The molecule has 0 saturated heterocycles. The highest BCUT2D eigenvalue weighted by molar-refractivity contribution is 8.00. The predicted molar refractivity (Wildman–Crippen MR) is 90.4 cm³/mol. The average molecular weight is 311 g/mol. The monoisotopic (exact) mass is 311 g/mol. The number of hydrogen-bond acceptors (Lipinski definition) is 3. The first kappa shape index (κ1) is 13.6. The summed E-state index contributed by atoms with van der Waals surface area (Å²) in [5.41, 5.74) is 3.73. The van der Waals surface area contributed by atoms with Gasteiger partial charge in [-0.05, 0) is 37.5 Å². The quantitative estimate of drug-likeness (QED) is 0.805. The molecule has 5 heteroatoms. The van der Waals surface area contributed by atoms with Crippen LogP contribution in [-0.4, -0.2) is 19.8 Å². The molecule has 0 radical (unpaired) electrons. The molecule has 22 heavy (non-hydrogen) atoms. The number of aromatic amines is 1. The summed E-state index contributed by atoms with van der Waals surface area (Å²) < 4.78 is 1.62. The smallest absolute Gasteiger partial charge is 0.274 e. The van der Waals surface area contributed by atoms with Crippen molar-refractivity contribution in [3.05, 3.63) is 46.5 Å². The Morgan fingerprint density at radius 3 is 2.91 bits per heavy atom. The minimum absolute atomic E-state index is 0.00934. The summed E-state index contributed by atoms with van der Waals surface area (Å²) in [4.78, 5) is 20.1. The molecule has 0 bridgehead atoms. The molecule has 4 rings (SSSR count). The molecule has 0 unspecified atom stereocenters. The van der Waals surface area contributed by atoms with Gasteiger partial charge < -0.3 is 9.55 Å². The summed E-state index contributed by atoms with van der Waals surface area (Å²) >= 11 is 1.85. The van der Waals surface area contributed by atoms with Crippen molar-refractivity contribution in [2.24, 2.45) is 7.05 Å². The zero-order valence-corrected chi connectivity index (χ0v) is 13.4. The third-order valence-corrected chi connectivity index (χ3v) is 5.31. The van der Waals surface area contributed by atoms with Gasteiger partial charge in [0.15, 0.2) is 0 Å². The maximum absolute atomic E-state index is 12.2. The van der Waals surface area contributed by atoms with Gasteiger partial charge in [-0.2, -0.15) is 0 Å².